The molecule has 1 heterocycles. The van der Waals surface area contributed by atoms with E-state index < -0.39 is 5.97 Å². The summed E-state index contributed by atoms with van der Waals surface area (Å²) in [5.41, 5.74) is 0. The van der Waals surface area contributed by atoms with E-state index in [0.29, 0.717) is 0 Å². The number of carbonyl (C=O) groups is 1. The summed E-state index contributed by atoms with van der Waals surface area (Å²) < 4.78 is 15.0. The van der Waals surface area contributed by atoms with Crippen LogP contribution in [0.15, 0.2) is 4.42 Å². The Balaban J connectivity index is 2.52. The van der Waals surface area contributed by atoms with E-state index in [1.807, 2.05) is 13.8 Å². The van der Waals surface area contributed by atoms with E-state index in [9.17, 15) is 4.79 Å². The number of rotatable bonds is 5. The molecule has 0 spiro atoms. The lowest BCUT2D eigenvalue weighted by atomic mass is 10.5. The van der Waals surface area contributed by atoms with Gasteiger partial charge in [-0.05, 0) is 20.8 Å². The van der Waals surface area contributed by atoms with Crippen molar-refractivity contribution in [1.29, 1.82) is 0 Å². The molecule has 1 aromatic heterocycles. The van der Waals surface area contributed by atoms with Gasteiger partial charge in [-0.15, -0.1) is 10.2 Å². The van der Waals surface area contributed by atoms with Gasteiger partial charge < -0.3 is 13.9 Å². The smallest absolute Gasteiger partial charge is 0.396 e. The van der Waals surface area contributed by atoms with Gasteiger partial charge in [-0.2, -0.15) is 0 Å². The predicted molar refractivity (Wildman–Crippen MR) is 50.2 cm³/mol. The zero-order chi connectivity index (χ0) is 11.3. The van der Waals surface area contributed by atoms with E-state index in [1.165, 1.54) is 0 Å². The van der Waals surface area contributed by atoms with Crippen molar-refractivity contribution < 1.29 is 18.7 Å². The largest absolute Gasteiger partial charge is 0.459 e. The fourth-order valence-electron chi connectivity index (χ4n) is 0.825. The molecule has 0 atom stereocenters. The van der Waals surface area contributed by atoms with Crippen LogP contribution >= 0.6 is 0 Å². The number of esters is 1. The van der Waals surface area contributed by atoms with E-state index in [1.54, 1.807) is 6.92 Å². The number of hydrogen-bond donors (Lipinski definition) is 0. The molecule has 0 bridgehead atoms. The Labute approximate surface area is 87.6 Å². The zero-order valence-corrected chi connectivity index (χ0v) is 9.02. The SMILES string of the molecule is CCOC(=O)c1nnc(COC(C)C)o1. The Morgan fingerprint density at radius 2 is 2.20 bits per heavy atom. The number of nitrogens with zero attached hydrogens (tertiary/aromatic N) is 2. The molecule has 0 aliphatic carbocycles. The third-order valence-electron chi connectivity index (χ3n) is 1.46. The fraction of sp³-hybridized carbons (Fsp3) is 0.667. The molecular formula is C9H14N2O4. The van der Waals surface area contributed by atoms with Crippen LogP contribution in [0.3, 0.4) is 0 Å². The van der Waals surface area contributed by atoms with Crippen molar-refractivity contribution in [3.63, 3.8) is 0 Å². The van der Waals surface area contributed by atoms with Gasteiger partial charge >= 0.3 is 11.9 Å². The summed E-state index contributed by atoms with van der Waals surface area (Å²) in [5, 5.41) is 7.19. The third kappa shape index (κ3) is 3.67. The Morgan fingerprint density at radius 1 is 1.47 bits per heavy atom. The van der Waals surface area contributed by atoms with Crippen molar-refractivity contribution in [3.05, 3.63) is 11.8 Å². The van der Waals surface area contributed by atoms with Crippen LogP contribution in [-0.2, 0) is 16.1 Å². The minimum absolute atomic E-state index is 0.0722. The minimum Gasteiger partial charge on any atom is -0.459 e. The highest BCUT2D eigenvalue weighted by Crippen LogP contribution is 2.04. The summed E-state index contributed by atoms with van der Waals surface area (Å²) >= 11 is 0. The van der Waals surface area contributed by atoms with E-state index in [-0.39, 0.29) is 31.1 Å². The second-order valence-corrected chi connectivity index (χ2v) is 3.08. The molecule has 0 saturated heterocycles. The highest BCUT2D eigenvalue weighted by atomic mass is 16.5. The average molecular weight is 214 g/mol. The average Bonchev–Trinajstić information content (AvgIpc) is 2.63. The standard InChI is InChI=1S/C9H14N2O4/c1-4-13-9(12)8-11-10-7(15-8)5-14-6(2)3/h6H,4-5H2,1-3H3. The van der Waals surface area contributed by atoms with Crippen molar-refractivity contribution >= 4 is 5.97 Å². The zero-order valence-electron chi connectivity index (χ0n) is 9.02. The maximum atomic E-state index is 11.1. The Kier molecular flexibility index (Phi) is 4.23. The van der Waals surface area contributed by atoms with Gasteiger partial charge in [0.2, 0.25) is 5.89 Å². The van der Waals surface area contributed by atoms with Crippen LogP contribution in [0.25, 0.3) is 0 Å². The maximum absolute atomic E-state index is 11.1. The summed E-state index contributed by atoms with van der Waals surface area (Å²) in [6.45, 7) is 5.96. The van der Waals surface area contributed by atoms with Gasteiger partial charge in [0.25, 0.3) is 0 Å². The predicted octanol–water partition coefficient (Wildman–Crippen LogP) is 1.17. The Morgan fingerprint density at radius 3 is 2.80 bits per heavy atom. The highest BCUT2D eigenvalue weighted by molar-refractivity contribution is 5.83. The van der Waals surface area contributed by atoms with Crippen molar-refractivity contribution in [2.45, 2.75) is 33.5 Å². The fourth-order valence-corrected chi connectivity index (χ4v) is 0.825. The van der Waals surface area contributed by atoms with E-state index >= 15 is 0 Å². The van der Waals surface area contributed by atoms with Crippen molar-refractivity contribution in [1.82, 2.24) is 10.2 Å². The molecule has 0 aliphatic rings. The summed E-state index contributed by atoms with van der Waals surface area (Å²) in [6, 6.07) is 0. The Bertz CT molecular complexity index is 322. The van der Waals surface area contributed by atoms with Gasteiger partial charge in [0.05, 0.1) is 12.7 Å². The van der Waals surface area contributed by atoms with Gasteiger partial charge in [-0.25, -0.2) is 4.79 Å². The van der Waals surface area contributed by atoms with E-state index in [0.717, 1.165) is 0 Å². The van der Waals surface area contributed by atoms with Gasteiger partial charge in [0.1, 0.15) is 6.61 Å². The van der Waals surface area contributed by atoms with Crippen LogP contribution in [0.4, 0.5) is 0 Å². The van der Waals surface area contributed by atoms with Gasteiger partial charge in [-0.1, -0.05) is 0 Å². The van der Waals surface area contributed by atoms with Crippen LogP contribution < -0.4 is 0 Å². The quantitative estimate of drug-likeness (QED) is 0.685. The van der Waals surface area contributed by atoms with E-state index in [2.05, 4.69) is 10.2 Å². The van der Waals surface area contributed by atoms with Crippen molar-refractivity contribution in [2.75, 3.05) is 6.61 Å². The second-order valence-electron chi connectivity index (χ2n) is 3.08. The molecule has 0 unspecified atom stereocenters. The van der Waals surface area contributed by atoms with E-state index in [4.69, 9.17) is 13.9 Å². The Hall–Kier alpha value is -1.43. The third-order valence-corrected chi connectivity index (χ3v) is 1.46. The molecular weight excluding hydrogens is 200 g/mol. The normalized spacial score (nSPS) is 10.7. The monoisotopic (exact) mass is 214 g/mol. The number of ether oxygens (including phenoxy) is 2. The van der Waals surface area contributed by atoms with Crippen molar-refractivity contribution in [2.24, 2.45) is 0 Å². The number of hydrogen-bond acceptors (Lipinski definition) is 6. The molecule has 6 nitrogen and oxygen atoms in total. The lowest BCUT2D eigenvalue weighted by Gasteiger charge is -2.02. The maximum Gasteiger partial charge on any atom is 0.396 e. The summed E-state index contributed by atoms with van der Waals surface area (Å²) in [4.78, 5) is 11.1. The highest BCUT2D eigenvalue weighted by Gasteiger charge is 2.15. The van der Waals surface area contributed by atoms with Crippen LogP contribution in [0.5, 0.6) is 0 Å². The van der Waals surface area contributed by atoms with Crippen LogP contribution in [0.1, 0.15) is 37.3 Å². The summed E-state index contributed by atoms with van der Waals surface area (Å²) in [6.07, 6.45) is 0.0722. The van der Waals surface area contributed by atoms with Gasteiger partial charge in [0.15, 0.2) is 0 Å². The van der Waals surface area contributed by atoms with Crippen LogP contribution in [-0.4, -0.2) is 28.9 Å². The number of aromatic nitrogens is 2. The molecule has 0 amide bonds. The molecule has 0 aliphatic heterocycles. The molecule has 1 rings (SSSR count). The molecule has 6 heteroatoms. The lowest BCUT2D eigenvalue weighted by molar-refractivity contribution is 0.0427. The molecule has 84 valence electrons. The summed E-state index contributed by atoms with van der Waals surface area (Å²) in [7, 11) is 0. The van der Waals surface area contributed by atoms with Gasteiger partial charge in [-0.3, -0.25) is 0 Å². The topological polar surface area (TPSA) is 74.5 Å². The first kappa shape index (κ1) is 11.6. The molecule has 0 aromatic carbocycles. The molecule has 1 aromatic rings. The first-order valence-corrected chi connectivity index (χ1v) is 4.74. The minimum atomic E-state index is -0.610. The molecule has 0 radical (unpaired) electrons. The van der Waals surface area contributed by atoms with Crippen molar-refractivity contribution in [3.8, 4) is 0 Å². The lowest BCUT2D eigenvalue weighted by Crippen LogP contribution is -2.04. The molecule has 0 saturated carbocycles. The molecule has 0 N–H and O–H groups in total. The van der Waals surface area contributed by atoms with Gasteiger partial charge in [0, 0.05) is 0 Å². The molecule has 15 heavy (non-hydrogen) atoms. The first-order chi connectivity index (χ1) is 7.13. The second kappa shape index (κ2) is 5.45. The number of carbonyl (C=O) groups excluding carboxylic acids is 1. The first-order valence-electron chi connectivity index (χ1n) is 4.74. The molecule has 0 fully saturated rings. The van der Waals surface area contributed by atoms with Crippen LogP contribution in [0.2, 0.25) is 0 Å². The summed E-state index contributed by atoms with van der Waals surface area (Å²) in [5.74, 6) is -0.480. The van der Waals surface area contributed by atoms with Crippen LogP contribution in [0, 0.1) is 0 Å².